The number of amides is 10. The van der Waals surface area contributed by atoms with Crippen LogP contribution in [0.2, 0.25) is 0 Å². The largest absolute Gasteiger partial charge is 0.394 e. The smallest absolute Gasteiger partial charge is 0.246 e. The maximum absolute atomic E-state index is 14.8. The van der Waals surface area contributed by atoms with Crippen molar-refractivity contribution < 1.29 is 165 Å². The van der Waals surface area contributed by atoms with Crippen molar-refractivity contribution in [2.75, 3.05) is 185 Å². The topological polar surface area (TPSA) is 612 Å². The Hall–Kier alpha value is -6.26. The molecule has 0 radical (unpaired) electrons. The molecular weight excluding hydrogens is 1740 g/mol. The van der Waals surface area contributed by atoms with Crippen LogP contribution < -0.4 is 53.2 Å². The van der Waals surface area contributed by atoms with Crippen LogP contribution in [0.5, 0.6) is 0 Å². The molecule has 3 saturated heterocycles. The summed E-state index contributed by atoms with van der Waals surface area (Å²) in [6.45, 7) is 7.09. The fourth-order valence-corrected chi connectivity index (χ4v) is 14.4. The zero-order chi connectivity index (χ0) is 96.7. The van der Waals surface area contributed by atoms with Crippen molar-refractivity contribution in [1.29, 1.82) is 0 Å². The molecule has 0 aliphatic carbocycles. The molecule has 44 heteroatoms. The van der Waals surface area contributed by atoms with E-state index >= 15 is 0 Å². The van der Waals surface area contributed by atoms with Crippen LogP contribution in [0.3, 0.4) is 0 Å². The SMILES string of the molecule is CCCCCCCCCCCCCCCC(=O)NCCCC[C@H](NC(=O)[C@H](CCCCNC(=O)COCCOCCOCCO[C@@H]1O[C@H](CO)[C@H](O)[C@H](O)[C@H]1NC(C)=O)NC(=O)[C@H](CCCCNC(=O)COCCOCCOCCO[C@@H]1O[C@H](CO)[C@H](O)[C@H](O)[C@H]1NC(C)=O)NC(=O)COCCOCCOCCO[C@@H]1O[C@H](CO)[C@H](O)[C@H](O)[C@H]1NC(C)=O)C(=O)NCCCCCC. The zero-order valence-electron chi connectivity index (χ0n) is 78.5. The number of unbranched alkanes of at least 4 members (excludes halogenated alkanes) is 18. The highest BCUT2D eigenvalue weighted by atomic mass is 16.7. The molecule has 19 N–H and O–H groups in total. The normalized spacial score (nSPS) is 22.6. The molecule has 3 aliphatic heterocycles. The molecule has 3 rings (SSSR count). The Balaban J connectivity index is 1.67. The van der Waals surface area contributed by atoms with Crippen LogP contribution in [0.4, 0.5) is 0 Å². The van der Waals surface area contributed by atoms with Gasteiger partial charge in [-0.05, 0) is 70.6 Å². The Labute approximate surface area is 776 Å². The van der Waals surface area contributed by atoms with Crippen molar-refractivity contribution in [2.45, 2.75) is 318 Å². The number of rotatable bonds is 82. The molecule has 0 spiro atoms. The van der Waals surface area contributed by atoms with E-state index in [9.17, 15) is 93.9 Å². The minimum Gasteiger partial charge on any atom is -0.394 e. The molecule has 0 aromatic rings. The molecule has 0 bridgehead atoms. The van der Waals surface area contributed by atoms with E-state index < -0.39 is 190 Å². The molecule has 0 saturated carbocycles. The van der Waals surface area contributed by atoms with Crippen LogP contribution >= 0.6 is 0 Å². The highest BCUT2D eigenvalue weighted by Gasteiger charge is 2.48. The minimum atomic E-state index is -1.49. The van der Waals surface area contributed by atoms with E-state index in [1.54, 1.807) is 0 Å². The second-order valence-electron chi connectivity index (χ2n) is 32.9. The van der Waals surface area contributed by atoms with E-state index in [0.29, 0.717) is 51.6 Å². The van der Waals surface area contributed by atoms with Crippen LogP contribution in [-0.2, 0) is 119 Å². The molecule has 18 atom stereocenters. The summed E-state index contributed by atoms with van der Waals surface area (Å²) in [6, 6.07) is -6.95. The first-order valence-electron chi connectivity index (χ1n) is 47.5. The summed E-state index contributed by atoms with van der Waals surface area (Å²) in [4.78, 5) is 131. The van der Waals surface area contributed by atoms with Crippen LogP contribution in [-0.4, -0.2) is 400 Å². The van der Waals surface area contributed by atoms with E-state index in [1.807, 2.05) is 0 Å². The second-order valence-corrected chi connectivity index (χ2v) is 32.9. The fraction of sp³-hybridized carbons (Fsp3) is 0.886. The minimum absolute atomic E-state index is 0.00484. The molecule has 10 amide bonds. The quantitative estimate of drug-likeness (QED) is 0.0280. The van der Waals surface area contributed by atoms with Gasteiger partial charge >= 0.3 is 0 Å². The number of carbonyl (C=O) groups excluding carboxylic acids is 10. The lowest BCUT2D eigenvalue weighted by molar-refractivity contribution is -0.272. The van der Waals surface area contributed by atoms with Gasteiger partial charge in [-0.2, -0.15) is 0 Å². The molecule has 0 aromatic heterocycles. The van der Waals surface area contributed by atoms with Crippen LogP contribution in [0, 0.1) is 0 Å². The summed E-state index contributed by atoms with van der Waals surface area (Å²) in [5, 5.41) is 119. The van der Waals surface area contributed by atoms with E-state index in [-0.39, 0.29) is 183 Å². The van der Waals surface area contributed by atoms with Gasteiger partial charge in [0.25, 0.3) is 0 Å². The third-order valence-corrected chi connectivity index (χ3v) is 21.7. The third-order valence-electron chi connectivity index (χ3n) is 21.7. The maximum Gasteiger partial charge on any atom is 0.246 e. The molecule has 44 nitrogen and oxygen atoms in total. The zero-order valence-corrected chi connectivity index (χ0v) is 78.5. The average Bonchev–Trinajstić information content (AvgIpc) is 0.815. The van der Waals surface area contributed by atoms with Gasteiger partial charge in [0.1, 0.15) is 111 Å². The Bertz CT molecular complexity index is 3060. The maximum atomic E-state index is 14.8. The Kier molecular flexibility index (Phi) is 69.7. The molecular formula is C88H162N10O34. The van der Waals surface area contributed by atoms with E-state index in [4.69, 9.17) is 71.1 Å². The van der Waals surface area contributed by atoms with Gasteiger partial charge in [0.2, 0.25) is 59.1 Å². The van der Waals surface area contributed by atoms with Gasteiger partial charge in [-0.1, -0.05) is 110 Å². The molecule has 3 fully saturated rings. The molecule has 0 unspecified atom stereocenters. The molecule has 132 heavy (non-hydrogen) atoms. The number of hydrogen-bond acceptors (Lipinski definition) is 34. The molecule has 3 aliphatic rings. The molecule has 0 aromatic carbocycles. The first-order valence-corrected chi connectivity index (χ1v) is 47.5. The van der Waals surface area contributed by atoms with Gasteiger partial charge in [0.15, 0.2) is 18.9 Å². The summed E-state index contributed by atoms with van der Waals surface area (Å²) >= 11 is 0. The van der Waals surface area contributed by atoms with Crippen LogP contribution in [0.1, 0.15) is 208 Å². The van der Waals surface area contributed by atoms with Crippen molar-refractivity contribution >= 4 is 59.1 Å². The van der Waals surface area contributed by atoms with E-state index in [0.717, 1.165) is 44.9 Å². The number of ether oxygens (including phenoxy) is 15. The lowest BCUT2D eigenvalue weighted by Crippen LogP contribution is -2.64. The first kappa shape index (κ1) is 120. The van der Waals surface area contributed by atoms with Crippen LogP contribution in [0.15, 0.2) is 0 Å². The number of carbonyl (C=O) groups is 10. The fourth-order valence-electron chi connectivity index (χ4n) is 14.4. The first-order chi connectivity index (χ1) is 63.8. The van der Waals surface area contributed by atoms with Gasteiger partial charge in [0, 0.05) is 53.4 Å². The molecule has 768 valence electrons. The predicted molar refractivity (Wildman–Crippen MR) is 475 cm³/mol. The average molecular weight is 1900 g/mol. The Morgan fingerprint density at radius 1 is 0.280 bits per heavy atom. The Morgan fingerprint density at radius 2 is 0.538 bits per heavy atom. The summed E-state index contributed by atoms with van der Waals surface area (Å²) < 4.78 is 83.6. The summed E-state index contributed by atoms with van der Waals surface area (Å²) in [5.41, 5.74) is 0. The van der Waals surface area contributed by atoms with Crippen LogP contribution in [0.25, 0.3) is 0 Å². The summed E-state index contributed by atoms with van der Waals surface area (Å²) in [5.74, 6) is -5.02. The highest BCUT2D eigenvalue weighted by molar-refractivity contribution is 5.94. The molecule has 3 heterocycles. The van der Waals surface area contributed by atoms with E-state index in [1.165, 1.54) is 78.6 Å². The van der Waals surface area contributed by atoms with Crippen molar-refractivity contribution in [3.63, 3.8) is 0 Å². The van der Waals surface area contributed by atoms with Gasteiger partial charge in [0.05, 0.1) is 139 Å². The predicted octanol–water partition coefficient (Wildman–Crippen LogP) is -2.49. The number of aliphatic hydroxyl groups excluding tert-OH is 9. The standard InChI is InChI=1S/C88H162N10O34/c1-6-8-10-12-13-14-15-16-17-18-19-20-21-32-70(105)89-33-26-22-29-64(83(115)92-36-25-11-9-7-2)97-85(117)66(31-24-28-35-91-72(107)59-125-47-44-119-38-41-122-50-53-128-87-75(94-62(4)103)81(113)78(110)68(56-100)131-87)98-84(116)65(96-73(108)60-126-48-45-120-39-42-123-51-54-129-88-76(95-63(5)104)82(114)79(111)69(57-101)132-88)30-23-27-34-90-71(106)58-124-46-43-118-37-40-121-49-52-127-86-74(93-61(3)102)80(112)77(109)67(55-99)130-86/h64-69,74-82,86-88,99-101,109-114H,6-60H2,1-5H3,(H,89,105)(H,90,106)(H,91,107)(H,92,115)(H,93,102)(H,94,103)(H,95,104)(H,96,108)(H,97,117)(H,98,116)/t64-,65-,66-,67+,68+,69+,74+,75+,76+,77-,78-,79-,80+,81+,82+,86+,87+,88+/m0/s1. The van der Waals surface area contributed by atoms with Crippen molar-refractivity contribution in [3.05, 3.63) is 0 Å². The number of hydrogen-bond donors (Lipinski definition) is 19. The third kappa shape index (κ3) is 55.2. The van der Waals surface area contributed by atoms with Crippen molar-refractivity contribution in [1.82, 2.24) is 53.2 Å². The van der Waals surface area contributed by atoms with Gasteiger partial charge < -0.3 is 170 Å². The monoisotopic (exact) mass is 1900 g/mol. The van der Waals surface area contributed by atoms with Crippen molar-refractivity contribution in [2.24, 2.45) is 0 Å². The summed E-state index contributed by atoms with van der Waals surface area (Å²) in [7, 11) is 0. The number of aliphatic hydroxyl groups is 9. The second kappa shape index (κ2) is 76.8. The lowest BCUT2D eigenvalue weighted by atomic mass is 9.97. The van der Waals surface area contributed by atoms with Gasteiger partial charge in [-0.3, -0.25) is 47.9 Å². The summed E-state index contributed by atoms with van der Waals surface area (Å²) in [6.07, 6.45) is 5.86. The number of nitrogens with one attached hydrogen (secondary N) is 10. The van der Waals surface area contributed by atoms with E-state index in [2.05, 4.69) is 67.0 Å². The van der Waals surface area contributed by atoms with Gasteiger partial charge in [-0.15, -0.1) is 0 Å². The lowest BCUT2D eigenvalue weighted by Gasteiger charge is -2.42. The van der Waals surface area contributed by atoms with Gasteiger partial charge in [-0.25, -0.2) is 0 Å². The Morgan fingerprint density at radius 3 is 0.856 bits per heavy atom. The van der Waals surface area contributed by atoms with Crippen molar-refractivity contribution in [3.8, 4) is 0 Å². The highest BCUT2D eigenvalue weighted by Crippen LogP contribution is 2.26.